The number of nitrogens with two attached hydrogens (primary N) is 1. The van der Waals surface area contributed by atoms with Crippen LogP contribution < -0.4 is 10.6 Å². The number of rotatable bonds is 7. The number of aliphatic hydroxyl groups is 1. The van der Waals surface area contributed by atoms with Crippen molar-refractivity contribution in [3.8, 4) is 0 Å². The number of hydrogen-bond acceptors (Lipinski definition) is 4. The van der Waals surface area contributed by atoms with Crippen LogP contribution in [0.2, 0.25) is 0 Å². The number of aliphatic hydroxyl groups excluding tert-OH is 1. The molecule has 19 heavy (non-hydrogen) atoms. The highest BCUT2D eigenvalue weighted by atomic mass is 16.3. The van der Waals surface area contributed by atoms with Gasteiger partial charge in [0.15, 0.2) is 0 Å². The summed E-state index contributed by atoms with van der Waals surface area (Å²) in [5.74, 6) is 0.00618. The van der Waals surface area contributed by atoms with E-state index in [4.69, 9.17) is 10.8 Å². The van der Waals surface area contributed by atoms with Gasteiger partial charge >= 0.3 is 0 Å². The monoisotopic (exact) mass is 265 g/mol. The van der Waals surface area contributed by atoms with E-state index in [1.807, 2.05) is 17.0 Å². The van der Waals surface area contributed by atoms with Gasteiger partial charge in [-0.2, -0.15) is 0 Å². The fraction of sp³-hybridized carbons (Fsp3) is 0.500. The maximum atomic E-state index is 12.2. The van der Waals surface area contributed by atoms with Crippen molar-refractivity contribution in [3.05, 3.63) is 24.3 Å². The lowest BCUT2D eigenvalue weighted by Crippen LogP contribution is -2.40. The second-order valence-electron chi connectivity index (χ2n) is 4.54. The number of amides is 1. The lowest BCUT2D eigenvalue weighted by Gasteiger charge is -2.24. The molecule has 5 heteroatoms. The minimum absolute atomic E-state index is 0.00618. The standard InChI is InChI=1S/C14H23N3O2/c1-3-8-17(9-10-18)11-14(19)16(2)13-6-4-12(15)5-7-13/h4-7,18H,3,8-11,15H2,1-2H3. The maximum Gasteiger partial charge on any atom is 0.240 e. The summed E-state index contributed by atoms with van der Waals surface area (Å²) in [7, 11) is 1.75. The van der Waals surface area contributed by atoms with E-state index in [0.29, 0.717) is 18.8 Å². The summed E-state index contributed by atoms with van der Waals surface area (Å²) in [5.41, 5.74) is 7.12. The first-order valence-corrected chi connectivity index (χ1v) is 6.53. The van der Waals surface area contributed by atoms with Gasteiger partial charge in [-0.3, -0.25) is 9.69 Å². The minimum Gasteiger partial charge on any atom is -0.399 e. The summed E-state index contributed by atoms with van der Waals surface area (Å²) in [5, 5.41) is 8.98. The van der Waals surface area contributed by atoms with Gasteiger partial charge in [0.05, 0.1) is 13.2 Å². The topological polar surface area (TPSA) is 69.8 Å². The largest absolute Gasteiger partial charge is 0.399 e. The molecule has 1 aromatic rings. The Morgan fingerprint density at radius 3 is 2.42 bits per heavy atom. The van der Waals surface area contributed by atoms with Gasteiger partial charge in [-0.15, -0.1) is 0 Å². The highest BCUT2D eigenvalue weighted by molar-refractivity contribution is 5.94. The van der Waals surface area contributed by atoms with E-state index in [1.165, 1.54) is 0 Å². The van der Waals surface area contributed by atoms with Gasteiger partial charge in [0.25, 0.3) is 0 Å². The Hall–Kier alpha value is -1.59. The van der Waals surface area contributed by atoms with Crippen LogP contribution in [-0.2, 0) is 4.79 Å². The molecule has 0 heterocycles. The number of carbonyl (C=O) groups excluding carboxylic acids is 1. The number of carbonyl (C=O) groups is 1. The van der Waals surface area contributed by atoms with Crippen LogP contribution in [0.5, 0.6) is 0 Å². The third-order valence-electron chi connectivity index (χ3n) is 2.97. The fourth-order valence-corrected chi connectivity index (χ4v) is 1.87. The summed E-state index contributed by atoms with van der Waals surface area (Å²) in [6.07, 6.45) is 0.957. The zero-order valence-corrected chi connectivity index (χ0v) is 11.7. The number of likely N-dealkylation sites (N-methyl/N-ethyl adjacent to an activating group) is 1. The van der Waals surface area contributed by atoms with Crippen molar-refractivity contribution < 1.29 is 9.90 Å². The third-order valence-corrected chi connectivity index (χ3v) is 2.97. The summed E-state index contributed by atoms with van der Waals surface area (Å²) < 4.78 is 0. The van der Waals surface area contributed by atoms with Crippen molar-refractivity contribution in [3.63, 3.8) is 0 Å². The van der Waals surface area contributed by atoms with E-state index in [9.17, 15) is 4.79 Å². The number of nitrogens with zero attached hydrogens (tertiary/aromatic N) is 2. The van der Waals surface area contributed by atoms with Crippen molar-refractivity contribution in [1.82, 2.24) is 4.90 Å². The van der Waals surface area contributed by atoms with E-state index in [-0.39, 0.29) is 12.5 Å². The quantitative estimate of drug-likeness (QED) is 0.720. The molecule has 5 nitrogen and oxygen atoms in total. The second kappa shape index (κ2) is 7.76. The van der Waals surface area contributed by atoms with Gasteiger partial charge in [0, 0.05) is 25.0 Å². The fourth-order valence-electron chi connectivity index (χ4n) is 1.87. The van der Waals surface area contributed by atoms with E-state index in [2.05, 4.69) is 6.92 Å². The molecule has 0 atom stereocenters. The Bertz CT molecular complexity index is 386. The smallest absolute Gasteiger partial charge is 0.240 e. The van der Waals surface area contributed by atoms with Crippen LogP contribution in [0.3, 0.4) is 0 Å². The number of nitrogen functional groups attached to an aromatic ring is 1. The Balaban J connectivity index is 2.62. The molecule has 106 valence electrons. The van der Waals surface area contributed by atoms with Crippen LogP contribution in [0.4, 0.5) is 11.4 Å². The van der Waals surface area contributed by atoms with Crippen molar-refractivity contribution in [1.29, 1.82) is 0 Å². The molecule has 1 aromatic carbocycles. The molecule has 0 aromatic heterocycles. The third kappa shape index (κ3) is 4.89. The summed E-state index contributed by atoms with van der Waals surface area (Å²) in [6.45, 7) is 3.77. The highest BCUT2D eigenvalue weighted by Crippen LogP contribution is 2.15. The lowest BCUT2D eigenvalue weighted by molar-refractivity contribution is -0.119. The SMILES string of the molecule is CCCN(CCO)CC(=O)N(C)c1ccc(N)cc1. The van der Waals surface area contributed by atoms with Gasteiger partial charge < -0.3 is 15.7 Å². The van der Waals surface area contributed by atoms with E-state index in [0.717, 1.165) is 18.7 Å². The normalized spacial score (nSPS) is 10.7. The molecular weight excluding hydrogens is 242 g/mol. The number of anilines is 2. The van der Waals surface area contributed by atoms with Gasteiger partial charge in [-0.05, 0) is 37.2 Å². The molecule has 0 aliphatic rings. The van der Waals surface area contributed by atoms with Crippen LogP contribution in [0.25, 0.3) is 0 Å². The zero-order chi connectivity index (χ0) is 14.3. The Kier molecular flexibility index (Phi) is 6.32. The second-order valence-corrected chi connectivity index (χ2v) is 4.54. The van der Waals surface area contributed by atoms with Crippen LogP contribution in [-0.4, -0.2) is 49.2 Å². The molecule has 1 amide bonds. The molecule has 3 N–H and O–H groups in total. The molecule has 0 radical (unpaired) electrons. The predicted molar refractivity (Wildman–Crippen MR) is 78.1 cm³/mol. The number of hydrogen-bond donors (Lipinski definition) is 2. The average Bonchev–Trinajstić information content (AvgIpc) is 2.39. The molecule has 0 aliphatic carbocycles. The van der Waals surface area contributed by atoms with Gasteiger partial charge in [-0.25, -0.2) is 0 Å². The summed E-state index contributed by atoms with van der Waals surface area (Å²) >= 11 is 0. The average molecular weight is 265 g/mol. The lowest BCUT2D eigenvalue weighted by atomic mass is 10.2. The Morgan fingerprint density at radius 2 is 1.89 bits per heavy atom. The molecule has 0 saturated carbocycles. The van der Waals surface area contributed by atoms with Gasteiger partial charge in [0.2, 0.25) is 5.91 Å². The molecule has 1 rings (SSSR count). The van der Waals surface area contributed by atoms with Crippen LogP contribution in [0, 0.1) is 0 Å². The minimum atomic E-state index is 0.00618. The van der Waals surface area contributed by atoms with E-state index < -0.39 is 0 Å². The predicted octanol–water partition coefficient (Wildman–Crippen LogP) is 0.936. The maximum absolute atomic E-state index is 12.2. The molecule has 0 unspecified atom stereocenters. The molecular formula is C14H23N3O2. The van der Waals surface area contributed by atoms with Crippen molar-refractivity contribution >= 4 is 17.3 Å². The molecule has 0 aliphatic heterocycles. The van der Waals surface area contributed by atoms with E-state index >= 15 is 0 Å². The van der Waals surface area contributed by atoms with Gasteiger partial charge in [0.1, 0.15) is 0 Å². The Morgan fingerprint density at radius 1 is 1.26 bits per heavy atom. The van der Waals surface area contributed by atoms with Crippen LogP contribution >= 0.6 is 0 Å². The molecule has 0 saturated heterocycles. The van der Waals surface area contributed by atoms with Crippen molar-refractivity contribution in [2.75, 3.05) is 43.9 Å². The summed E-state index contributed by atoms with van der Waals surface area (Å²) in [6, 6.07) is 7.19. The van der Waals surface area contributed by atoms with Crippen LogP contribution in [0.1, 0.15) is 13.3 Å². The van der Waals surface area contributed by atoms with Crippen molar-refractivity contribution in [2.45, 2.75) is 13.3 Å². The number of benzene rings is 1. The van der Waals surface area contributed by atoms with E-state index in [1.54, 1.807) is 24.1 Å². The van der Waals surface area contributed by atoms with Crippen molar-refractivity contribution in [2.24, 2.45) is 0 Å². The first-order valence-electron chi connectivity index (χ1n) is 6.53. The molecule has 0 bridgehead atoms. The molecule has 0 spiro atoms. The first kappa shape index (κ1) is 15.5. The Labute approximate surface area is 114 Å². The van der Waals surface area contributed by atoms with Crippen LogP contribution in [0.15, 0.2) is 24.3 Å². The summed E-state index contributed by atoms with van der Waals surface area (Å²) in [4.78, 5) is 15.7. The van der Waals surface area contributed by atoms with Gasteiger partial charge in [-0.1, -0.05) is 6.92 Å². The zero-order valence-electron chi connectivity index (χ0n) is 11.7. The molecule has 0 fully saturated rings. The first-order chi connectivity index (χ1) is 9.08. The highest BCUT2D eigenvalue weighted by Gasteiger charge is 2.14.